The lowest BCUT2D eigenvalue weighted by Crippen LogP contribution is -2.45. The fourth-order valence-corrected chi connectivity index (χ4v) is 3.90. The molecule has 32 heavy (non-hydrogen) atoms. The van der Waals surface area contributed by atoms with Crippen molar-refractivity contribution in [3.8, 4) is 11.5 Å². The predicted octanol–water partition coefficient (Wildman–Crippen LogP) is 4.35. The van der Waals surface area contributed by atoms with Crippen LogP contribution in [0.25, 0.3) is 0 Å². The SMILES string of the molecule is CCOc1ccc([C@@H](C)NC(=O)[C@@H]2CCCN(C(=O)c3ccc(F)cc3)C2)cc1OCC. The molecule has 1 aliphatic rings. The van der Waals surface area contributed by atoms with Gasteiger partial charge in [0.15, 0.2) is 11.5 Å². The average molecular weight is 443 g/mol. The molecule has 6 nitrogen and oxygen atoms in total. The summed E-state index contributed by atoms with van der Waals surface area (Å²) in [4.78, 5) is 27.4. The maximum Gasteiger partial charge on any atom is 0.253 e. The minimum absolute atomic E-state index is 0.0825. The summed E-state index contributed by atoms with van der Waals surface area (Å²) in [5.74, 6) is 0.405. The van der Waals surface area contributed by atoms with Gasteiger partial charge in [0.2, 0.25) is 5.91 Å². The Morgan fingerprint density at radius 2 is 1.78 bits per heavy atom. The van der Waals surface area contributed by atoms with Gasteiger partial charge in [0.25, 0.3) is 5.91 Å². The first-order chi connectivity index (χ1) is 15.4. The van der Waals surface area contributed by atoms with E-state index in [1.54, 1.807) is 4.90 Å². The first kappa shape index (κ1) is 23.6. The van der Waals surface area contributed by atoms with E-state index >= 15 is 0 Å². The van der Waals surface area contributed by atoms with E-state index in [2.05, 4.69) is 5.32 Å². The Kier molecular flexibility index (Phi) is 8.09. The van der Waals surface area contributed by atoms with Crippen LogP contribution in [0.3, 0.4) is 0 Å². The highest BCUT2D eigenvalue weighted by Crippen LogP contribution is 2.31. The van der Waals surface area contributed by atoms with Crippen molar-refractivity contribution in [3.63, 3.8) is 0 Å². The van der Waals surface area contributed by atoms with E-state index in [1.165, 1.54) is 24.3 Å². The maximum absolute atomic E-state index is 13.2. The average Bonchev–Trinajstić information content (AvgIpc) is 2.80. The number of carbonyl (C=O) groups is 2. The number of carbonyl (C=O) groups excluding carboxylic acids is 2. The smallest absolute Gasteiger partial charge is 0.253 e. The van der Waals surface area contributed by atoms with E-state index in [9.17, 15) is 14.0 Å². The van der Waals surface area contributed by atoms with Crippen molar-refractivity contribution < 1.29 is 23.5 Å². The zero-order valence-corrected chi connectivity index (χ0v) is 18.9. The van der Waals surface area contributed by atoms with Gasteiger partial charge in [0, 0.05) is 18.7 Å². The van der Waals surface area contributed by atoms with E-state index in [1.807, 2.05) is 39.0 Å². The Morgan fingerprint density at radius 3 is 2.47 bits per heavy atom. The maximum atomic E-state index is 13.2. The molecule has 0 radical (unpaired) electrons. The van der Waals surface area contributed by atoms with Crippen molar-refractivity contribution in [1.29, 1.82) is 0 Å². The van der Waals surface area contributed by atoms with Gasteiger partial charge in [-0.15, -0.1) is 0 Å². The zero-order valence-electron chi connectivity index (χ0n) is 18.9. The molecule has 0 saturated carbocycles. The molecular weight excluding hydrogens is 411 g/mol. The Hall–Kier alpha value is -3.09. The third-order valence-corrected chi connectivity index (χ3v) is 5.60. The van der Waals surface area contributed by atoms with Crippen LogP contribution in [0.15, 0.2) is 42.5 Å². The van der Waals surface area contributed by atoms with Crippen LogP contribution >= 0.6 is 0 Å². The molecule has 7 heteroatoms. The third-order valence-electron chi connectivity index (χ3n) is 5.60. The van der Waals surface area contributed by atoms with Gasteiger partial charge in [-0.3, -0.25) is 9.59 Å². The number of piperidine rings is 1. The summed E-state index contributed by atoms with van der Waals surface area (Å²) in [6, 6.07) is 11.0. The number of likely N-dealkylation sites (tertiary alicyclic amines) is 1. The van der Waals surface area contributed by atoms with E-state index in [4.69, 9.17) is 9.47 Å². The second-order valence-electron chi connectivity index (χ2n) is 7.90. The second kappa shape index (κ2) is 11.0. The highest BCUT2D eigenvalue weighted by Gasteiger charge is 2.29. The van der Waals surface area contributed by atoms with Crippen LogP contribution < -0.4 is 14.8 Å². The van der Waals surface area contributed by atoms with Crippen LogP contribution in [0, 0.1) is 11.7 Å². The fourth-order valence-electron chi connectivity index (χ4n) is 3.90. The number of amides is 2. The van der Waals surface area contributed by atoms with Crippen molar-refractivity contribution in [1.82, 2.24) is 10.2 Å². The van der Waals surface area contributed by atoms with E-state index in [-0.39, 0.29) is 29.6 Å². The number of rotatable bonds is 8. The van der Waals surface area contributed by atoms with Crippen molar-refractivity contribution in [3.05, 3.63) is 59.4 Å². The van der Waals surface area contributed by atoms with E-state index < -0.39 is 0 Å². The van der Waals surface area contributed by atoms with Gasteiger partial charge in [-0.1, -0.05) is 6.07 Å². The van der Waals surface area contributed by atoms with E-state index in [0.717, 1.165) is 18.4 Å². The lowest BCUT2D eigenvalue weighted by molar-refractivity contribution is -0.127. The minimum Gasteiger partial charge on any atom is -0.490 e. The van der Waals surface area contributed by atoms with Crippen molar-refractivity contribution in [2.24, 2.45) is 5.92 Å². The number of nitrogens with one attached hydrogen (secondary N) is 1. The quantitative estimate of drug-likeness (QED) is 0.660. The summed E-state index contributed by atoms with van der Waals surface area (Å²) in [7, 11) is 0. The highest BCUT2D eigenvalue weighted by molar-refractivity contribution is 5.94. The van der Waals surface area contributed by atoms with E-state index in [0.29, 0.717) is 43.4 Å². The summed E-state index contributed by atoms with van der Waals surface area (Å²) in [5.41, 5.74) is 1.35. The fraction of sp³-hybridized carbons (Fsp3) is 0.440. The first-order valence-electron chi connectivity index (χ1n) is 11.2. The summed E-state index contributed by atoms with van der Waals surface area (Å²) < 4.78 is 24.5. The molecule has 1 aliphatic heterocycles. The third kappa shape index (κ3) is 5.78. The Morgan fingerprint density at radius 1 is 1.09 bits per heavy atom. The van der Waals surface area contributed by atoms with Gasteiger partial charge in [-0.05, 0) is 75.6 Å². The topological polar surface area (TPSA) is 67.9 Å². The Balaban J connectivity index is 1.64. The summed E-state index contributed by atoms with van der Waals surface area (Å²) in [5, 5.41) is 3.07. The molecular formula is C25H31FN2O4. The first-order valence-corrected chi connectivity index (χ1v) is 11.2. The number of ether oxygens (including phenoxy) is 2. The van der Waals surface area contributed by atoms with Crippen LogP contribution in [0.5, 0.6) is 11.5 Å². The molecule has 0 aromatic heterocycles. The summed E-state index contributed by atoms with van der Waals surface area (Å²) in [6.07, 6.45) is 1.47. The van der Waals surface area contributed by atoms with Crippen molar-refractivity contribution in [2.45, 2.75) is 39.7 Å². The molecule has 2 aromatic rings. The molecule has 2 atom stereocenters. The van der Waals surface area contributed by atoms with Gasteiger partial charge in [0.1, 0.15) is 5.82 Å². The molecule has 2 amide bonds. The lowest BCUT2D eigenvalue weighted by atomic mass is 9.95. The van der Waals surface area contributed by atoms with Gasteiger partial charge >= 0.3 is 0 Å². The van der Waals surface area contributed by atoms with Crippen LogP contribution in [-0.4, -0.2) is 43.0 Å². The lowest BCUT2D eigenvalue weighted by Gasteiger charge is -2.32. The van der Waals surface area contributed by atoms with Crippen LogP contribution in [0.1, 0.15) is 55.6 Å². The molecule has 3 rings (SSSR count). The Labute approximate surface area is 188 Å². The number of benzene rings is 2. The number of halogens is 1. The van der Waals surface area contributed by atoms with Gasteiger partial charge in [-0.2, -0.15) is 0 Å². The molecule has 1 fully saturated rings. The molecule has 0 spiro atoms. The number of hydrogen-bond acceptors (Lipinski definition) is 4. The normalized spacial score (nSPS) is 16.9. The molecule has 1 N–H and O–H groups in total. The van der Waals surface area contributed by atoms with Gasteiger partial charge in [-0.25, -0.2) is 4.39 Å². The molecule has 172 valence electrons. The van der Waals surface area contributed by atoms with Gasteiger partial charge in [0.05, 0.1) is 25.2 Å². The predicted molar refractivity (Wildman–Crippen MR) is 120 cm³/mol. The highest BCUT2D eigenvalue weighted by atomic mass is 19.1. The Bertz CT molecular complexity index is 932. The number of nitrogens with zero attached hydrogens (tertiary/aromatic N) is 1. The minimum atomic E-state index is -0.381. The van der Waals surface area contributed by atoms with Gasteiger partial charge < -0.3 is 19.7 Å². The van der Waals surface area contributed by atoms with Crippen LogP contribution in [0.2, 0.25) is 0 Å². The monoisotopic (exact) mass is 442 g/mol. The van der Waals surface area contributed by atoms with Crippen LogP contribution in [-0.2, 0) is 4.79 Å². The van der Waals surface area contributed by atoms with Crippen molar-refractivity contribution >= 4 is 11.8 Å². The zero-order chi connectivity index (χ0) is 23.1. The molecule has 0 aliphatic carbocycles. The standard InChI is InChI=1S/C25H31FN2O4/c1-4-31-22-13-10-19(15-23(22)32-5-2)17(3)27-24(29)20-7-6-14-28(16-20)25(30)18-8-11-21(26)12-9-18/h8-13,15,17,20H,4-7,14,16H2,1-3H3,(H,27,29)/t17-,20-/m1/s1. The molecule has 0 unspecified atom stereocenters. The van der Waals surface area contributed by atoms with Crippen molar-refractivity contribution in [2.75, 3.05) is 26.3 Å². The summed E-state index contributed by atoms with van der Waals surface area (Å²) >= 11 is 0. The number of hydrogen-bond donors (Lipinski definition) is 1. The molecule has 0 bridgehead atoms. The largest absolute Gasteiger partial charge is 0.490 e. The van der Waals surface area contributed by atoms with Crippen LogP contribution in [0.4, 0.5) is 4.39 Å². The summed E-state index contributed by atoms with van der Waals surface area (Å²) in [6.45, 7) is 7.75. The molecule has 1 saturated heterocycles. The molecule has 1 heterocycles. The molecule has 2 aromatic carbocycles. The second-order valence-corrected chi connectivity index (χ2v) is 7.90.